The molecular weight excluding hydrogens is 266 g/mol. The zero-order valence-corrected chi connectivity index (χ0v) is 11.3. The van der Waals surface area contributed by atoms with Gasteiger partial charge in [0.2, 0.25) is 0 Å². The minimum absolute atomic E-state index is 0.155. The summed E-state index contributed by atoms with van der Waals surface area (Å²) < 4.78 is 2.94. The summed E-state index contributed by atoms with van der Waals surface area (Å²) in [6.45, 7) is 0.792. The lowest BCUT2D eigenvalue weighted by atomic mass is 10.1. The zero-order chi connectivity index (χ0) is 14.4. The summed E-state index contributed by atoms with van der Waals surface area (Å²) in [6, 6.07) is 16.9. The summed E-state index contributed by atoms with van der Waals surface area (Å²) in [6.07, 6.45) is 0. The van der Waals surface area contributed by atoms with Gasteiger partial charge in [-0.25, -0.2) is 9.36 Å². The molecule has 2 heterocycles. The zero-order valence-electron chi connectivity index (χ0n) is 11.3. The van der Waals surface area contributed by atoms with Crippen LogP contribution in [0.3, 0.4) is 0 Å². The molecule has 0 spiro atoms. The fourth-order valence-corrected chi connectivity index (χ4v) is 2.75. The first-order chi connectivity index (χ1) is 10.2. The topological polar surface area (TPSA) is 47.2 Å². The van der Waals surface area contributed by atoms with Crippen LogP contribution in [0, 0.1) is 0 Å². The molecule has 0 fully saturated rings. The Kier molecular flexibility index (Phi) is 2.47. The van der Waals surface area contributed by atoms with Crippen molar-refractivity contribution in [3.8, 4) is 0 Å². The first-order valence-corrected chi connectivity index (χ1v) is 6.77. The van der Waals surface area contributed by atoms with E-state index in [1.165, 1.54) is 26.9 Å². The molecule has 0 N–H and O–H groups in total. The molecule has 5 nitrogen and oxygen atoms in total. The van der Waals surface area contributed by atoms with Crippen LogP contribution in [0.15, 0.2) is 64.2 Å². The standard InChI is InChI=1S/C16H13N3O2/c20-15-7-8-16(21)19-11-17(10-18(15)19)14-6-5-12-3-1-2-4-13(12)9-14/h1-9H,10-11H2. The summed E-state index contributed by atoms with van der Waals surface area (Å²) in [7, 11) is 0. The van der Waals surface area contributed by atoms with Gasteiger partial charge in [-0.1, -0.05) is 30.3 Å². The molecule has 1 aliphatic rings. The normalized spacial score (nSPS) is 13.6. The lowest BCUT2D eigenvalue weighted by molar-refractivity contribution is 0.548. The van der Waals surface area contributed by atoms with Gasteiger partial charge in [0.1, 0.15) is 13.3 Å². The third-order valence-electron chi connectivity index (χ3n) is 3.88. The van der Waals surface area contributed by atoms with E-state index in [9.17, 15) is 9.59 Å². The third kappa shape index (κ3) is 1.86. The number of hydrogen-bond acceptors (Lipinski definition) is 3. The quantitative estimate of drug-likeness (QED) is 0.679. The summed E-state index contributed by atoms with van der Waals surface area (Å²) in [4.78, 5) is 25.7. The van der Waals surface area contributed by atoms with Crippen molar-refractivity contribution in [2.45, 2.75) is 13.3 Å². The van der Waals surface area contributed by atoms with E-state index < -0.39 is 0 Å². The van der Waals surface area contributed by atoms with Gasteiger partial charge in [0.25, 0.3) is 11.1 Å². The third-order valence-corrected chi connectivity index (χ3v) is 3.88. The van der Waals surface area contributed by atoms with Crippen LogP contribution in [-0.2, 0) is 13.3 Å². The minimum Gasteiger partial charge on any atom is -0.332 e. The molecule has 0 saturated carbocycles. The summed E-state index contributed by atoms with van der Waals surface area (Å²) in [5, 5.41) is 2.32. The van der Waals surface area contributed by atoms with Crippen LogP contribution in [0.4, 0.5) is 5.69 Å². The van der Waals surface area contributed by atoms with E-state index in [1.807, 2.05) is 23.1 Å². The lowest BCUT2D eigenvalue weighted by Gasteiger charge is -2.16. The Morgan fingerprint density at radius 3 is 2.00 bits per heavy atom. The van der Waals surface area contributed by atoms with E-state index in [0.717, 1.165) is 11.1 Å². The highest BCUT2D eigenvalue weighted by Crippen LogP contribution is 2.24. The molecule has 3 aromatic rings. The molecule has 0 aliphatic carbocycles. The van der Waals surface area contributed by atoms with Crippen LogP contribution in [0.1, 0.15) is 0 Å². The molecule has 1 aliphatic heterocycles. The molecule has 4 rings (SSSR count). The molecule has 1 aromatic heterocycles. The number of anilines is 1. The SMILES string of the molecule is O=c1ccc(=O)n2n1CN(c1ccc3ccccc3c1)C2. The van der Waals surface area contributed by atoms with Crippen molar-refractivity contribution >= 4 is 16.5 Å². The molecular formula is C16H13N3O2. The first-order valence-electron chi connectivity index (χ1n) is 6.77. The molecule has 2 aromatic carbocycles. The minimum atomic E-state index is -0.155. The molecule has 0 atom stereocenters. The van der Waals surface area contributed by atoms with Crippen molar-refractivity contribution in [3.63, 3.8) is 0 Å². The Hall–Kier alpha value is -2.82. The number of benzene rings is 2. The smallest absolute Gasteiger partial charge is 0.267 e. The molecule has 0 bridgehead atoms. The lowest BCUT2D eigenvalue weighted by Crippen LogP contribution is -2.32. The fourth-order valence-electron chi connectivity index (χ4n) is 2.75. The number of rotatable bonds is 1. The van der Waals surface area contributed by atoms with E-state index in [4.69, 9.17) is 0 Å². The Bertz CT molecular complexity index is 916. The second kappa shape index (κ2) is 4.34. The molecule has 0 saturated heterocycles. The molecule has 0 amide bonds. The molecule has 104 valence electrons. The maximum absolute atomic E-state index is 11.8. The van der Waals surface area contributed by atoms with E-state index in [1.54, 1.807) is 0 Å². The van der Waals surface area contributed by atoms with Gasteiger partial charge in [0.15, 0.2) is 0 Å². The van der Waals surface area contributed by atoms with Crippen LogP contribution in [0.2, 0.25) is 0 Å². The Balaban J connectivity index is 1.78. The molecule has 0 radical (unpaired) electrons. The number of hydrogen-bond donors (Lipinski definition) is 0. The Labute approximate surface area is 120 Å². The molecule has 5 heteroatoms. The number of aromatic nitrogens is 2. The maximum Gasteiger partial charge on any atom is 0.267 e. The monoisotopic (exact) mass is 279 g/mol. The van der Waals surface area contributed by atoms with E-state index >= 15 is 0 Å². The van der Waals surface area contributed by atoms with Gasteiger partial charge >= 0.3 is 0 Å². The highest BCUT2D eigenvalue weighted by atomic mass is 16.2. The van der Waals surface area contributed by atoms with Crippen LogP contribution in [-0.4, -0.2) is 9.36 Å². The van der Waals surface area contributed by atoms with Gasteiger partial charge in [0, 0.05) is 17.8 Å². The van der Waals surface area contributed by atoms with Gasteiger partial charge < -0.3 is 4.90 Å². The van der Waals surface area contributed by atoms with Crippen molar-refractivity contribution in [2.75, 3.05) is 4.90 Å². The van der Waals surface area contributed by atoms with E-state index in [2.05, 4.69) is 24.3 Å². The van der Waals surface area contributed by atoms with Crippen molar-refractivity contribution in [1.82, 2.24) is 9.36 Å². The van der Waals surface area contributed by atoms with E-state index in [-0.39, 0.29) is 11.1 Å². The largest absolute Gasteiger partial charge is 0.332 e. The molecule has 0 unspecified atom stereocenters. The van der Waals surface area contributed by atoms with Gasteiger partial charge in [-0.3, -0.25) is 9.59 Å². The Morgan fingerprint density at radius 2 is 1.33 bits per heavy atom. The molecule has 21 heavy (non-hydrogen) atoms. The van der Waals surface area contributed by atoms with Crippen LogP contribution < -0.4 is 16.0 Å². The van der Waals surface area contributed by atoms with Gasteiger partial charge in [0.05, 0.1) is 0 Å². The summed E-state index contributed by atoms with van der Waals surface area (Å²) in [5.74, 6) is 0. The van der Waals surface area contributed by atoms with Gasteiger partial charge in [-0.05, 0) is 22.9 Å². The van der Waals surface area contributed by atoms with Crippen molar-refractivity contribution < 1.29 is 0 Å². The first kappa shape index (κ1) is 12.0. The highest BCUT2D eigenvalue weighted by molar-refractivity contribution is 5.85. The van der Waals surface area contributed by atoms with Crippen molar-refractivity contribution in [2.24, 2.45) is 0 Å². The van der Waals surface area contributed by atoms with Crippen LogP contribution in [0.5, 0.6) is 0 Å². The summed E-state index contributed by atoms with van der Waals surface area (Å²) >= 11 is 0. The maximum atomic E-state index is 11.8. The average molecular weight is 279 g/mol. The summed E-state index contributed by atoms with van der Waals surface area (Å²) in [5.41, 5.74) is 0.694. The predicted molar refractivity (Wildman–Crippen MR) is 81.4 cm³/mol. The van der Waals surface area contributed by atoms with E-state index in [0.29, 0.717) is 13.3 Å². The highest BCUT2D eigenvalue weighted by Gasteiger charge is 2.20. The number of nitrogens with zero attached hydrogens (tertiary/aromatic N) is 3. The fraction of sp³-hybridized carbons (Fsp3) is 0.125. The number of fused-ring (bicyclic) bond motifs is 2. The average Bonchev–Trinajstić information content (AvgIpc) is 2.97. The van der Waals surface area contributed by atoms with Crippen molar-refractivity contribution in [3.05, 3.63) is 75.3 Å². The van der Waals surface area contributed by atoms with Gasteiger partial charge in [-0.2, -0.15) is 0 Å². The van der Waals surface area contributed by atoms with Gasteiger partial charge in [-0.15, -0.1) is 0 Å². The van der Waals surface area contributed by atoms with Crippen LogP contribution >= 0.6 is 0 Å². The predicted octanol–water partition coefficient (Wildman–Crippen LogP) is 1.60. The second-order valence-corrected chi connectivity index (χ2v) is 5.16. The van der Waals surface area contributed by atoms with Crippen molar-refractivity contribution in [1.29, 1.82) is 0 Å². The Morgan fingerprint density at radius 1 is 0.714 bits per heavy atom. The second-order valence-electron chi connectivity index (χ2n) is 5.16. The van der Waals surface area contributed by atoms with Crippen LogP contribution in [0.25, 0.3) is 10.8 Å².